The number of rotatable bonds is 3. The third-order valence-electron chi connectivity index (χ3n) is 8.37. The molecule has 0 saturated heterocycles. The molecule has 5 atom stereocenters. The maximum absolute atomic E-state index is 11.1. The molecule has 2 aromatic rings. The summed E-state index contributed by atoms with van der Waals surface area (Å²) in [5.41, 5.74) is 1.64. The van der Waals surface area contributed by atoms with E-state index in [0.717, 1.165) is 37.9 Å². The Morgan fingerprint density at radius 3 is 2.58 bits per heavy atom. The highest BCUT2D eigenvalue weighted by molar-refractivity contribution is 5.44. The summed E-state index contributed by atoms with van der Waals surface area (Å²) in [4.78, 5) is 10.4. The summed E-state index contributed by atoms with van der Waals surface area (Å²) >= 11 is 0. The van der Waals surface area contributed by atoms with E-state index in [9.17, 15) is 15.2 Å². The van der Waals surface area contributed by atoms with Gasteiger partial charge in [-0.25, -0.2) is 0 Å². The minimum Gasteiger partial charge on any atom is -0.457 e. The number of non-ortho nitro benzene ring substituents is 1. The summed E-state index contributed by atoms with van der Waals surface area (Å²) in [6.45, 7) is 2.21. The topological polar surface area (TPSA) is 72.6 Å². The van der Waals surface area contributed by atoms with E-state index in [1.807, 2.05) is 6.07 Å². The smallest absolute Gasteiger partial charge is 0.269 e. The minimum absolute atomic E-state index is 0.0526. The number of fused-ring (bicyclic) bond motifs is 5. The molecule has 0 bridgehead atoms. The van der Waals surface area contributed by atoms with Gasteiger partial charge in [0.25, 0.3) is 5.69 Å². The fraction of sp³-hybridized carbons (Fsp3) is 0.462. The number of terminal acetylenes is 1. The fourth-order valence-electron chi connectivity index (χ4n) is 6.65. The zero-order valence-corrected chi connectivity index (χ0v) is 17.7. The molecule has 5 heteroatoms. The van der Waals surface area contributed by atoms with E-state index in [1.54, 1.807) is 12.1 Å². The van der Waals surface area contributed by atoms with Crippen LogP contribution in [0.5, 0.6) is 11.5 Å². The molecule has 1 N–H and O–H groups in total. The van der Waals surface area contributed by atoms with Gasteiger partial charge in [0, 0.05) is 17.5 Å². The highest BCUT2D eigenvalue weighted by Gasteiger charge is 2.61. The van der Waals surface area contributed by atoms with Crippen LogP contribution in [0.2, 0.25) is 0 Å². The number of nitro groups is 1. The van der Waals surface area contributed by atoms with Crippen LogP contribution in [0.3, 0.4) is 0 Å². The van der Waals surface area contributed by atoms with Gasteiger partial charge in [0.05, 0.1) is 4.92 Å². The lowest BCUT2D eigenvalue weighted by atomic mass is 9.53. The molecular weight excluding hydrogens is 390 g/mol. The lowest BCUT2D eigenvalue weighted by Crippen LogP contribution is -2.50. The SMILES string of the molecule is C#CC1(O)CCC2C3CCc4cc(Oc5ccc([N+](=O)[O-])cc5)ccc4C3CCC21C. The van der Waals surface area contributed by atoms with Crippen LogP contribution in [0.15, 0.2) is 42.5 Å². The Bertz CT molecular complexity index is 1070. The summed E-state index contributed by atoms with van der Waals surface area (Å²) < 4.78 is 5.96. The number of benzene rings is 2. The highest BCUT2D eigenvalue weighted by atomic mass is 16.6. The first-order valence-electron chi connectivity index (χ1n) is 11.1. The third-order valence-corrected chi connectivity index (χ3v) is 8.37. The molecule has 31 heavy (non-hydrogen) atoms. The van der Waals surface area contributed by atoms with Gasteiger partial charge in [-0.3, -0.25) is 10.1 Å². The van der Waals surface area contributed by atoms with E-state index in [1.165, 1.54) is 23.3 Å². The second-order valence-electron chi connectivity index (χ2n) is 9.63. The summed E-state index contributed by atoms with van der Waals surface area (Å²) in [5.74, 6) is 5.63. The molecule has 0 radical (unpaired) electrons. The number of aryl methyl sites for hydroxylation is 1. The Labute approximate surface area is 182 Å². The Balaban J connectivity index is 1.37. The molecule has 5 nitrogen and oxygen atoms in total. The van der Waals surface area contributed by atoms with Gasteiger partial charge in [-0.05, 0) is 91.7 Å². The minimum atomic E-state index is -0.967. The van der Waals surface area contributed by atoms with Crippen LogP contribution < -0.4 is 4.74 Å². The van der Waals surface area contributed by atoms with Crippen molar-refractivity contribution in [2.24, 2.45) is 17.3 Å². The third kappa shape index (κ3) is 3.04. The lowest BCUT2D eigenvalue weighted by molar-refractivity contribution is -0.384. The first-order valence-corrected chi connectivity index (χ1v) is 11.1. The second kappa shape index (κ2) is 7.10. The van der Waals surface area contributed by atoms with Crippen LogP contribution in [-0.4, -0.2) is 15.6 Å². The van der Waals surface area contributed by atoms with Crippen LogP contribution in [0.1, 0.15) is 56.1 Å². The number of ether oxygens (including phenoxy) is 1. The Morgan fingerprint density at radius 1 is 1.13 bits per heavy atom. The van der Waals surface area contributed by atoms with E-state index >= 15 is 0 Å². The monoisotopic (exact) mass is 417 g/mol. The predicted octanol–water partition coefficient (Wildman–Crippen LogP) is 5.61. The van der Waals surface area contributed by atoms with Crippen molar-refractivity contribution in [3.63, 3.8) is 0 Å². The van der Waals surface area contributed by atoms with Crippen molar-refractivity contribution in [1.82, 2.24) is 0 Å². The molecule has 0 amide bonds. The zero-order chi connectivity index (χ0) is 21.8. The largest absolute Gasteiger partial charge is 0.457 e. The van der Waals surface area contributed by atoms with Crippen LogP contribution >= 0.6 is 0 Å². The fourth-order valence-corrected chi connectivity index (χ4v) is 6.65. The number of nitro benzene ring substituents is 1. The normalized spacial score (nSPS) is 33.5. The molecule has 0 aliphatic heterocycles. The van der Waals surface area contributed by atoms with Crippen molar-refractivity contribution in [2.45, 2.75) is 57.0 Å². The average molecular weight is 418 g/mol. The zero-order valence-electron chi connectivity index (χ0n) is 17.7. The maximum Gasteiger partial charge on any atom is 0.269 e. The maximum atomic E-state index is 11.1. The van der Waals surface area contributed by atoms with Crippen molar-refractivity contribution >= 4 is 5.69 Å². The van der Waals surface area contributed by atoms with Crippen molar-refractivity contribution < 1.29 is 14.8 Å². The van der Waals surface area contributed by atoms with E-state index in [-0.39, 0.29) is 11.1 Å². The Kier molecular flexibility index (Phi) is 4.60. The van der Waals surface area contributed by atoms with Gasteiger partial charge < -0.3 is 9.84 Å². The number of nitrogens with zero attached hydrogens (tertiary/aromatic N) is 1. The van der Waals surface area contributed by atoms with Crippen molar-refractivity contribution in [1.29, 1.82) is 0 Å². The molecule has 5 unspecified atom stereocenters. The van der Waals surface area contributed by atoms with Gasteiger partial charge >= 0.3 is 0 Å². The Hall–Kier alpha value is -2.84. The molecular formula is C26H27NO4. The van der Waals surface area contributed by atoms with Crippen LogP contribution in [0.4, 0.5) is 5.69 Å². The van der Waals surface area contributed by atoms with Crippen molar-refractivity contribution in [2.75, 3.05) is 0 Å². The molecule has 2 saturated carbocycles. The summed E-state index contributed by atoms with van der Waals surface area (Å²) in [7, 11) is 0. The molecule has 3 aliphatic carbocycles. The first kappa shape index (κ1) is 20.1. The van der Waals surface area contributed by atoms with E-state index in [0.29, 0.717) is 29.9 Å². The quantitative estimate of drug-likeness (QED) is 0.400. The number of hydrogen-bond donors (Lipinski definition) is 1. The van der Waals surface area contributed by atoms with Gasteiger partial charge in [0.15, 0.2) is 0 Å². The molecule has 5 rings (SSSR count). The molecule has 0 heterocycles. The molecule has 2 fully saturated rings. The number of aliphatic hydroxyl groups is 1. The van der Waals surface area contributed by atoms with Crippen LogP contribution in [0.25, 0.3) is 0 Å². The molecule has 160 valence electrons. The summed E-state index contributed by atoms with van der Waals surface area (Å²) in [5, 5.41) is 21.9. The van der Waals surface area contributed by atoms with Gasteiger partial charge in [-0.1, -0.05) is 18.9 Å². The van der Waals surface area contributed by atoms with Gasteiger partial charge in [-0.15, -0.1) is 6.42 Å². The summed E-state index contributed by atoms with van der Waals surface area (Å²) in [6.07, 6.45) is 11.6. The average Bonchev–Trinajstić information content (AvgIpc) is 3.05. The molecule has 0 spiro atoms. The second-order valence-corrected chi connectivity index (χ2v) is 9.63. The summed E-state index contributed by atoms with van der Waals surface area (Å²) in [6, 6.07) is 12.5. The van der Waals surface area contributed by atoms with Gasteiger partial charge in [0.2, 0.25) is 0 Å². The van der Waals surface area contributed by atoms with E-state index in [4.69, 9.17) is 11.2 Å². The lowest BCUT2D eigenvalue weighted by Gasteiger charge is -2.52. The van der Waals surface area contributed by atoms with E-state index < -0.39 is 10.5 Å². The van der Waals surface area contributed by atoms with Crippen molar-refractivity contribution in [3.8, 4) is 23.8 Å². The standard InChI is InChI=1S/C26H27NO4/c1-3-26(28)15-13-24-23-10-4-17-16-20(31-19-7-5-18(6-8-19)27(29)30)9-11-21(17)22(23)12-14-25(24,26)2/h1,5-9,11,16,22-24,28H,4,10,12-15H2,2H3. The van der Waals surface area contributed by atoms with Crippen LogP contribution in [0, 0.1) is 39.7 Å². The highest BCUT2D eigenvalue weighted by Crippen LogP contribution is 2.64. The first-order chi connectivity index (χ1) is 14.8. The Morgan fingerprint density at radius 2 is 1.87 bits per heavy atom. The predicted molar refractivity (Wildman–Crippen MR) is 118 cm³/mol. The number of hydrogen-bond acceptors (Lipinski definition) is 4. The van der Waals surface area contributed by atoms with Crippen molar-refractivity contribution in [3.05, 3.63) is 63.7 Å². The van der Waals surface area contributed by atoms with Gasteiger partial charge in [-0.2, -0.15) is 0 Å². The van der Waals surface area contributed by atoms with E-state index in [2.05, 4.69) is 25.0 Å². The molecule has 2 aromatic carbocycles. The molecule has 0 aromatic heterocycles. The van der Waals surface area contributed by atoms with Crippen LogP contribution in [-0.2, 0) is 6.42 Å². The molecule has 3 aliphatic rings. The van der Waals surface area contributed by atoms with Gasteiger partial charge in [0.1, 0.15) is 17.1 Å².